The Morgan fingerprint density at radius 2 is 2.25 bits per heavy atom. The largest absolute Gasteiger partial charge is 0.497 e. The first-order chi connectivity index (χ1) is 7.69. The van der Waals surface area contributed by atoms with Crippen LogP contribution in [0.25, 0.3) is 0 Å². The van der Waals surface area contributed by atoms with Gasteiger partial charge in [-0.2, -0.15) is 0 Å². The van der Waals surface area contributed by atoms with Crippen molar-refractivity contribution in [1.29, 1.82) is 0 Å². The molecule has 1 aromatic carbocycles. The fourth-order valence-electron chi connectivity index (χ4n) is 1.99. The molecule has 0 atom stereocenters. The number of hydrogen-bond donors (Lipinski definition) is 1. The molecule has 1 heterocycles. The number of amides is 1. The van der Waals surface area contributed by atoms with Gasteiger partial charge in [-0.3, -0.25) is 4.79 Å². The molecule has 0 saturated carbocycles. The van der Waals surface area contributed by atoms with E-state index in [9.17, 15) is 4.79 Å². The van der Waals surface area contributed by atoms with Crippen LogP contribution in [0, 0.1) is 0 Å². The van der Waals surface area contributed by atoms with Crippen molar-refractivity contribution in [1.82, 2.24) is 4.90 Å². The number of anilines is 1. The van der Waals surface area contributed by atoms with Crippen LogP contribution in [-0.4, -0.2) is 24.5 Å². The van der Waals surface area contributed by atoms with Crippen LogP contribution in [0.1, 0.15) is 18.4 Å². The van der Waals surface area contributed by atoms with E-state index in [-0.39, 0.29) is 5.91 Å². The first kappa shape index (κ1) is 10.8. The molecule has 2 rings (SSSR count). The Bertz CT molecular complexity index is 404. The quantitative estimate of drug-likeness (QED) is 0.783. The summed E-state index contributed by atoms with van der Waals surface area (Å²) in [5.74, 6) is 0.961. The molecular weight excluding hydrogens is 204 g/mol. The van der Waals surface area contributed by atoms with Crippen molar-refractivity contribution in [3.63, 3.8) is 0 Å². The summed E-state index contributed by atoms with van der Waals surface area (Å²) >= 11 is 0. The van der Waals surface area contributed by atoms with Crippen molar-refractivity contribution in [2.75, 3.05) is 19.4 Å². The fraction of sp³-hybridized carbons (Fsp3) is 0.417. The number of carbonyl (C=O) groups is 1. The van der Waals surface area contributed by atoms with E-state index in [2.05, 4.69) is 0 Å². The van der Waals surface area contributed by atoms with Gasteiger partial charge < -0.3 is 15.4 Å². The average Bonchev–Trinajstić information content (AvgIpc) is 2.63. The molecule has 1 aliphatic rings. The van der Waals surface area contributed by atoms with Crippen LogP contribution in [0.3, 0.4) is 0 Å². The van der Waals surface area contributed by atoms with Crippen molar-refractivity contribution in [2.24, 2.45) is 0 Å². The number of nitrogens with two attached hydrogens (primary N) is 1. The average molecular weight is 220 g/mol. The molecule has 1 aromatic rings. The van der Waals surface area contributed by atoms with E-state index >= 15 is 0 Å². The number of nitrogen functional groups attached to an aromatic ring is 1. The first-order valence-corrected chi connectivity index (χ1v) is 5.40. The highest BCUT2D eigenvalue weighted by atomic mass is 16.5. The number of methoxy groups -OCH3 is 1. The SMILES string of the molecule is COc1cc(N)cc(CN2CCCC2=O)c1. The van der Waals surface area contributed by atoms with Gasteiger partial charge in [0.15, 0.2) is 0 Å². The number of ether oxygens (including phenoxy) is 1. The topological polar surface area (TPSA) is 55.6 Å². The Labute approximate surface area is 95.0 Å². The van der Waals surface area contributed by atoms with Crippen molar-refractivity contribution in [2.45, 2.75) is 19.4 Å². The van der Waals surface area contributed by atoms with Crippen LogP contribution in [0.2, 0.25) is 0 Å². The fourth-order valence-corrected chi connectivity index (χ4v) is 1.99. The lowest BCUT2D eigenvalue weighted by Crippen LogP contribution is -2.23. The second-order valence-corrected chi connectivity index (χ2v) is 4.03. The Morgan fingerprint density at radius 1 is 1.44 bits per heavy atom. The number of likely N-dealkylation sites (tertiary alicyclic amines) is 1. The van der Waals surface area contributed by atoms with Crippen LogP contribution in [0.15, 0.2) is 18.2 Å². The minimum Gasteiger partial charge on any atom is -0.497 e. The van der Waals surface area contributed by atoms with E-state index in [1.807, 2.05) is 17.0 Å². The van der Waals surface area contributed by atoms with Gasteiger partial charge in [-0.15, -0.1) is 0 Å². The summed E-state index contributed by atoms with van der Waals surface area (Å²) in [7, 11) is 1.61. The zero-order valence-electron chi connectivity index (χ0n) is 9.40. The van der Waals surface area contributed by atoms with E-state index in [0.717, 1.165) is 24.3 Å². The van der Waals surface area contributed by atoms with E-state index in [0.29, 0.717) is 18.7 Å². The molecule has 0 aliphatic carbocycles. The van der Waals surface area contributed by atoms with Gasteiger partial charge in [0, 0.05) is 31.3 Å². The molecule has 0 unspecified atom stereocenters. The monoisotopic (exact) mass is 220 g/mol. The molecule has 2 N–H and O–H groups in total. The van der Waals surface area contributed by atoms with Gasteiger partial charge >= 0.3 is 0 Å². The van der Waals surface area contributed by atoms with Crippen LogP contribution in [0.4, 0.5) is 5.69 Å². The van der Waals surface area contributed by atoms with Crippen LogP contribution >= 0.6 is 0 Å². The third-order valence-corrected chi connectivity index (χ3v) is 2.77. The second-order valence-electron chi connectivity index (χ2n) is 4.03. The molecule has 86 valence electrons. The molecule has 0 spiro atoms. The Morgan fingerprint density at radius 3 is 2.88 bits per heavy atom. The number of hydrogen-bond acceptors (Lipinski definition) is 3. The third-order valence-electron chi connectivity index (χ3n) is 2.77. The molecule has 4 heteroatoms. The summed E-state index contributed by atoms with van der Waals surface area (Å²) in [6.45, 7) is 1.47. The lowest BCUT2D eigenvalue weighted by Gasteiger charge is -2.16. The zero-order valence-corrected chi connectivity index (χ0v) is 9.40. The van der Waals surface area contributed by atoms with Gasteiger partial charge in [0.1, 0.15) is 5.75 Å². The maximum atomic E-state index is 11.5. The summed E-state index contributed by atoms with van der Waals surface area (Å²) in [6.07, 6.45) is 1.62. The third kappa shape index (κ3) is 2.27. The van der Waals surface area contributed by atoms with Crippen molar-refractivity contribution < 1.29 is 9.53 Å². The van der Waals surface area contributed by atoms with E-state index in [4.69, 9.17) is 10.5 Å². The summed E-state index contributed by atoms with van der Waals surface area (Å²) in [5, 5.41) is 0. The standard InChI is InChI=1S/C12H16N2O2/c1-16-11-6-9(5-10(13)7-11)8-14-4-2-3-12(14)15/h5-7H,2-4,8,13H2,1H3. The number of carbonyl (C=O) groups excluding carboxylic acids is 1. The smallest absolute Gasteiger partial charge is 0.222 e. The molecule has 16 heavy (non-hydrogen) atoms. The van der Waals surface area contributed by atoms with Gasteiger partial charge in [0.2, 0.25) is 5.91 Å². The summed E-state index contributed by atoms with van der Waals surface area (Å²) in [6, 6.07) is 5.57. The van der Waals surface area contributed by atoms with Crippen LogP contribution < -0.4 is 10.5 Å². The second kappa shape index (κ2) is 4.43. The van der Waals surface area contributed by atoms with Gasteiger partial charge in [-0.05, 0) is 24.1 Å². The lowest BCUT2D eigenvalue weighted by molar-refractivity contribution is -0.128. The Hall–Kier alpha value is -1.71. The number of nitrogens with zero attached hydrogens (tertiary/aromatic N) is 1. The van der Waals surface area contributed by atoms with E-state index < -0.39 is 0 Å². The van der Waals surface area contributed by atoms with Gasteiger partial charge in [0.25, 0.3) is 0 Å². The van der Waals surface area contributed by atoms with Crippen molar-refractivity contribution in [3.8, 4) is 5.75 Å². The highest BCUT2D eigenvalue weighted by molar-refractivity contribution is 5.78. The highest BCUT2D eigenvalue weighted by Gasteiger charge is 2.20. The van der Waals surface area contributed by atoms with E-state index in [1.54, 1.807) is 13.2 Å². The predicted octanol–water partition coefficient (Wildman–Crippen LogP) is 1.40. The maximum absolute atomic E-state index is 11.5. The normalized spacial score (nSPS) is 15.6. The highest BCUT2D eigenvalue weighted by Crippen LogP contribution is 2.21. The summed E-state index contributed by atoms with van der Waals surface area (Å²) in [4.78, 5) is 13.3. The molecule has 1 saturated heterocycles. The molecule has 1 fully saturated rings. The van der Waals surface area contributed by atoms with Gasteiger partial charge in [-0.25, -0.2) is 0 Å². The van der Waals surface area contributed by atoms with Crippen molar-refractivity contribution in [3.05, 3.63) is 23.8 Å². The van der Waals surface area contributed by atoms with Gasteiger partial charge in [-0.1, -0.05) is 0 Å². The molecule has 4 nitrogen and oxygen atoms in total. The zero-order chi connectivity index (χ0) is 11.5. The van der Waals surface area contributed by atoms with E-state index in [1.165, 1.54) is 0 Å². The van der Waals surface area contributed by atoms with Gasteiger partial charge in [0.05, 0.1) is 7.11 Å². The molecule has 1 amide bonds. The Kier molecular flexibility index (Phi) is 2.99. The molecule has 0 aromatic heterocycles. The number of rotatable bonds is 3. The predicted molar refractivity (Wildman–Crippen MR) is 62.1 cm³/mol. The van der Waals surface area contributed by atoms with Crippen LogP contribution in [0.5, 0.6) is 5.75 Å². The minimum atomic E-state index is 0.224. The molecular formula is C12H16N2O2. The summed E-state index contributed by atoms with van der Waals surface area (Å²) < 4.78 is 5.14. The Balaban J connectivity index is 2.14. The molecule has 1 aliphatic heterocycles. The lowest BCUT2D eigenvalue weighted by atomic mass is 10.2. The van der Waals surface area contributed by atoms with Crippen LogP contribution in [-0.2, 0) is 11.3 Å². The minimum absolute atomic E-state index is 0.224. The summed E-state index contributed by atoms with van der Waals surface area (Å²) in [5.41, 5.74) is 7.45. The maximum Gasteiger partial charge on any atom is 0.222 e. The number of benzene rings is 1. The molecule has 0 bridgehead atoms. The van der Waals surface area contributed by atoms with Crippen molar-refractivity contribution >= 4 is 11.6 Å². The first-order valence-electron chi connectivity index (χ1n) is 5.40. The molecule has 0 radical (unpaired) electrons.